The Labute approximate surface area is 172 Å². The number of nitrogens with zero attached hydrogens (tertiary/aromatic N) is 1. The lowest BCUT2D eigenvalue weighted by Gasteiger charge is -2.30. The van der Waals surface area contributed by atoms with E-state index in [-0.39, 0.29) is 11.8 Å². The van der Waals surface area contributed by atoms with E-state index in [1.807, 2.05) is 0 Å². The van der Waals surface area contributed by atoms with Gasteiger partial charge in [0.25, 0.3) is 0 Å². The van der Waals surface area contributed by atoms with E-state index in [9.17, 15) is 9.59 Å². The van der Waals surface area contributed by atoms with Gasteiger partial charge in [-0.25, -0.2) is 0 Å². The van der Waals surface area contributed by atoms with E-state index in [4.69, 9.17) is 5.11 Å². The van der Waals surface area contributed by atoms with Crippen molar-refractivity contribution in [2.24, 2.45) is 5.92 Å². The fraction of sp³-hybridized carbons (Fsp3) is 0.833. The summed E-state index contributed by atoms with van der Waals surface area (Å²) in [5.41, 5.74) is 0. The monoisotopic (exact) mass is 393 g/mol. The van der Waals surface area contributed by atoms with Crippen molar-refractivity contribution in [2.45, 2.75) is 110 Å². The molecule has 0 aromatic carbocycles. The molecule has 1 aliphatic rings. The van der Waals surface area contributed by atoms with Crippen molar-refractivity contribution in [1.29, 1.82) is 0 Å². The molecule has 0 aliphatic carbocycles. The number of amides is 1. The van der Waals surface area contributed by atoms with Gasteiger partial charge in [0.15, 0.2) is 0 Å². The Hall–Kier alpha value is -1.32. The summed E-state index contributed by atoms with van der Waals surface area (Å²) in [6.07, 6.45) is 23.1. The second kappa shape index (κ2) is 16.6. The number of carbonyl (C=O) groups is 2. The number of aliphatic carboxylic acids is 1. The van der Waals surface area contributed by atoms with Gasteiger partial charge in [-0.05, 0) is 44.9 Å². The molecule has 0 spiro atoms. The van der Waals surface area contributed by atoms with Crippen LogP contribution in [0, 0.1) is 5.92 Å². The number of allylic oxidation sites excluding steroid dienone is 2. The van der Waals surface area contributed by atoms with E-state index in [1.165, 1.54) is 70.6 Å². The maximum atomic E-state index is 12.2. The normalized spacial score (nSPS) is 17.3. The number of unbranched alkanes of at least 4 members (excludes halogenated alkanes) is 11. The predicted molar refractivity (Wildman–Crippen MR) is 116 cm³/mol. The van der Waals surface area contributed by atoms with Gasteiger partial charge in [-0.3, -0.25) is 9.59 Å². The van der Waals surface area contributed by atoms with Crippen LogP contribution in [-0.4, -0.2) is 35.0 Å². The minimum atomic E-state index is -0.765. The number of likely N-dealkylation sites (tertiary alicyclic amines) is 1. The van der Waals surface area contributed by atoms with Crippen LogP contribution in [0.15, 0.2) is 12.2 Å². The first-order chi connectivity index (χ1) is 13.6. The quantitative estimate of drug-likeness (QED) is 0.246. The zero-order chi connectivity index (χ0) is 20.5. The maximum absolute atomic E-state index is 12.2. The van der Waals surface area contributed by atoms with Crippen LogP contribution in [0.25, 0.3) is 0 Å². The highest BCUT2D eigenvalue weighted by Gasteiger charge is 2.27. The molecule has 1 saturated heterocycles. The van der Waals surface area contributed by atoms with Gasteiger partial charge in [0.2, 0.25) is 5.91 Å². The first-order valence-corrected chi connectivity index (χ1v) is 11.8. The average molecular weight is 394 g/mol. The van der Waals surface area contributed by atoms with Crippen LogP contribution >= 0.6 is 0 Å². The van der Waals surface area contributed by atoms with E-state index >= 15 is 0 Å². The fourth-order valence-corrected chi connectivity index (χ4v) is 3.91. The number of carboxylic acid groups (broad SMARTS) is 1. The minimum Gasteiger partial charge on any atom is -0.481 e. The third-order valence-corrected chi connectivity index (χ3v) is 5.78. The Bertz CT molecular complexity index is 447. The minimum absolute atomic E-state index is 0.142. The van der Waals surface area contributed by atoms with Gasteiger partial charge >= 0.3 is 5.97 Å². The maximum Gasteiger partial charge on any atom is 0.308 e. The Morgan fingerprint density at radius 3 is 2.07 bits per heavy atom. The van der Waals surface area contributed by atoms with Crippen molar-refractivity contribution in [1.82, 2.24) is 4.90 Å². The first kappa shape index (κ1) is 24.7. The highest BCUT2D eigenvalue weighted by molar-refractivity contribution is 5.78. The third kappa shape index (κ3) is 12.2. The lowest BCUT2D eigenvalue weighted by atomic mass is 9.98. The largest absolute Gasteiger partial charge is 0.481 e. The summed E-state index contributed by atoms with van der Waals surface area (Å²) in [6, 6.07) is 0. The van der Waals surface area contributed by atoms with Crippen LogP contribution in [0.4, 0.5) is 0 Å². The van der Waals surface area contributed by atoms with Crippen molar-refractivity contribution < 1.29 is 14.7 Å². The molecule has 1 unspecified atom stereocenters. The second-order valence-corrected chi connectivity index (χ2v) is 8.35. The van der Waals surface area contributed by atoms with E-state index < -0.39 is 5.97 Å². The molecule has 0 aromatic heterocycles. The second-order valence-electron chi connectivity index (χ2n) is 8.35. The Balaban J connectivity index is 1.90. The Morgan fingerprint density at radius 1 is 0.893 bits per heavy atom. The lowest BCUT2D eigenvalue weighted by molar-refractivity contribution is -0.145. The predicted octanol–water partition coefficient (Wildman–Crippen LogP) is 6.35. The molecule has 0 saturated carbocycles. The van der Waals surface area contributed by atoms with Crippen molar-refractivity contribution in [3.05, 3.63) is 12.2 Å². The van der Waals surface area contributed by atoms with Crippen LogP contribution in [0.1, 0.15) is 110 Å². The number of carboxylic acids is 1. The average Bonchev–Trinajstić information content (AvgIpc) is 2.70. The highest BCUT2D eigenvalue weighted by atomic mass is 16.4. The van der Waals surface area contributed by atoms with Gasteiger partial charge in [-0.1, -0.05) is 70.4 Å². The standard InChI is InChI=1S/C24H43NO3/c1-2-3-4-5-6-7-8-9-10-11-12-13-14-15-16-19-23(26)25-20-17-18-22(21-25)24(27)28/h9-10,22H,2-8,11-21H2,1H3,(H,27,28). The van der Waals surface area contributed by atoms with Crippen LogP contribution in [0.3, 0.4) is 0 Å². The summed E-state index contributed by atoms with van der Waals surface area (Å²) >= 11 is 0. The summed E-state index contributed by atoms with van der Waals surface area (Å²) in [5, 5.41) is 9.11. The number of hydrogen-bond donors (Lipinski definition) is 1. The summed E-state index contributed by atoms with van der Waals surface area (Å²) in [4.78, 5) is 25.1. The summed E-state index contributed by atoms with van der Waals surface area (Å²) in [7, 11) is 0. The van der Waals surface area contributed by atoms with Gasteiger partial charge in [0.1, 0.15) is 0 Å². The van der Waals surface area contributed by atoms with Gasteiger partial charge in [-0.2, -0.15) is 0 Å². The Morgan fingerprint density at radius 2 is 1.46 bits per heavy atom. The summed E-state index contributed by atoms with van der Waals surface area (Å²) < 4.78 is 0. The van der Waals surface area contributed by atoms with Crippen LogP contribution in [0.5, 0.6) is 0 Å². The first-order valence-electron chi connectivity index (χ1n) is 11.8. The van der Waals surface area contributed by atoms with E-state index in [0.717, 1.165) is 25.8 Å². The van der Waals surface area contributed by atoms with E-state index in [1.54, 1.807) is 4.90 Å². The van der Waals surface area contributed by atoms with E-state index in [0.29, 0.717) is 19.4 Å². The summed E-state index contributed by atoms with van der Waals surface area (Å²) in [5.74, 6) is -0.992. The zero-order valence-corrected chi connectivity index (χ0v) is 18.2. The molecular weight excluding hydrogens is 350 g/mol. The number of rotatable bonds is 16. The molecule has 0 radical (unpaired) electrons. The molecule has 1 heterocycles. The Kier molecular flexibility index (Phi) is 14.7. The molecule has 28 heavy (non-hydrogen) atoms. The molecule has 1 atom stereocenters. The topological polar surface area (TPSA) is 57.6 Å². The molecule has 0 bridgehead atoms. The molecule has 0 aromatic rings. The molecule has 4 nitrogen and oxygen atoms in total. The zero-order valence-electron chi connectivity index (χ0n) is 18.2. The molecule has 1 rings (SSSR count). The smallest absolute Gasteiger partial charge is 0.308 e. The molecule has 162 valence electrons. The van der Waals surface area contributed by atoms with Crippen molar-refractivity contribution in [3.63, 3.8) is 0 Å². The third-order valence-electron chi connectivity index (χ3n) is 5.78. The van der Waals surface area contributed by atoms with Gasteiger partial charge in [0.05, 0.1) is 5.92 Å². The van der Waals surface area contributed by atoms with Crippen LogP contribution < -0.4 is 0 Å². The van der Waals surface area contributed by atoms with Gasteiger partial charge < -0.3 is 10.0 Å². The molecule has 1 aliphatic heterocycles. The summed E-state index contributed by atoms with van der Waals surface area (Å²) in [6.45, 7) is 3.39. The molecular formula is C24H43NO3. The van der Waals surface area contributed by atoms with E-state index in [2.05, 4.69) is 19.1 Å². The van der Waals surface area contributed by atoms with Crippen molar-refractivity contribution in [2.75, 3.05) is 13.1 Å². The molecule has 1 fully saturated rings. The molecule has 1 amide bonds. The SMILES string of the molecule is CCCCCCCCC=CCCCCCCCC(=O)N1CCCC(C(=O)O)C1. The number of carbonyl (C=O) groups excluding carboxylic acids is 1. The van der Waals surface area contributed by atoms with Gasteiger partial charge in [-0.15, -0.1) is 0 Å². The van der Waals surface area contributed by atoms with Crippen molar-refractivity contribution >= 4 is 11.9 Å². The highest BCUT2D eigenvalue weighted by Crippen LogP contribution is 2.18. The van der Waals surface area contributed by atoms with Crippen molar-refractivity contribution in [3.8, 4) is 0 Å². The fourth-order valence-electron chi connectivity index (χ4n) is 3.91. The lowest BCUT2D eigenvalue weighted by Crippen LogP contribution is -2.42. The van der Waals surface area contributed by atoms with Crippen LogP contribution in [0.2, 0.25) is 0 Å². The molecule has 4 heteroatoms. The van der Waals surface area contributed by atoms with Gasteiger partial charge in [0, 0.05) is 19.5 Å². The number of piperidine rings is 1. The molecule has 1 N–H and O–H groups in total. The van der Waals surface area contributed by atoms with Crippen LogP contribution in [-0.2, 0) is 9.59 Å². The number of hydrogen-bond acceptors (Lipinski definition) is 2.